The van der Waals surface area contributed by atoms with E-state index in [1.165, 1.54) is 11.1 Å². The normalized spacial score (nSPS) is 11.6. The quantitative estimate of drug-likeness (QED) is 0.204. The maximum absolute atomic E-state index is 6.50. The molecule has 45 heavy (non-hydrogen) atoms. The largest absolute Gasteiger partial charge is 0.456 e. The molecule has 0 saturated heterocycles. The fraction of sp³-hybridized carbons (Fsp3) is 0. The first kappa shape index (κ1) is 25.4. The highest BCUT2D eigenvalue weighted by Crippen LogP contribution is 2.46. The van der Waals surface area contributed by atoms with Gasteiger partial charge in [-0.2, -0.15) is 0 Å². The Bertz CT molecular complexity index is 2480. The van der Waals surface area contributed by atoms with Crippen molar-refractivity contribution < 1.29 is 8.83 Å². The first-order chi connectivity index (χ1) is 22.3. The first-order valence-corrected chi connectivity index (χ1v) is 15.1. The van der Waals surface area contributed by atoms with Crippen LogP contribution in [0.5, 0.6) is 0 Å². The summed E-state index contributed by atoms with van der Waals surface area (Å²) in [5.74, 6) is 0.572. The van der Waals surface area contributed by atoms with E-state index in [-0.39, 0.29) is 0 Å². The van der Waals surface area contributed by atoms with Crippen molar-refractivity contribution in [2.75, 3.05) is 4.90 Å². The summed E-state index contributed by atoms with van der Waals surface area (Å²) in [4.78, 5) is 7.35. The summed E-state index contributed by atoms with van der Waals surface area (Å²) in [6.45, 7) is 0. The van der Waals surface area contributed by atoms with Crippen molar-refractivity contribution in [2.24, 2.45) is 0 Å². The molecule has 4 nitrogen and oxygen atoms in total. The van der Waals surface area contributed by atoms with Crippen molar-refractivity contribution in [1.29, 1.82) is 0 Å². The highest BCUT2D eigenvalue weighted by atomic mass is 16.3. The number of oxazole rings is 1. The van der Waals surface area contributed by atoms with Gasteiger partial charge < -0.3 is 13.7 Å². The molecule has 4 heteroatoms. The summed E-state index contributed by atoms with van der Waals surface area (Å²) >= 11 is 0. The molecule has 0 radical (unpaired) electrons. The van der Waals surface area contributed by atoms with E-state index in [2.05, 4.69) is 114 Å². The molecule has 0 amide bonds. The molecule has 7 aromatic carbocycles. The zero-order chi connectivity index (χ0) is 29.7. The van der Waals surface area contributed by atoms with Crippen LogP contribution in [0, 0.1) is 0 Å². The Morgan fingerprint density at radius 1 is 0.444 bits per heavy atom. The molecule has 2 aromatic heterocycles. The van der Waals surface area contributed by atoms with E-state index in [9.17, 15) is 0 Å². The summed E-state index contributed by atoms with van der Waals surface area (Å²) in [6.07, 6.45) is 0. The van der Waals surface area contributed by atoms with E-state index in [1.54, 1.807) is 0 Å². The Hall–Kier alpha value is -6.13. The van der Waals surface area contributed by atoms with Crippen molar-refractivity contribution in [2.45, 2.75) is 0 Å². The summed E-state index contributed by atoms with van der Waals surface area (Å²) in [6, 6.07) is 54.4. The van der Waals surface area contributed by atoms with E-state index >= 15 is 0 Å². The molecule has 2 heterocycles. The third kappa shape index (κ3) is 4.19. The summed E-state index contributed by atoms with van der Waals surface area (Å²) < 4.78 is 12.9. The van der Waals surface area contributed by atoms with Crippen molar-refractivity contribution in [3.05, 3.63) is 158 Å². The smallest absolute Gasteiger partial charge is 0.228 e. The van der Waals surface area contributed by atoms with Crippen molar-refractivity contribution >= 4 is 60.9 Å². The maximum atomic E-state index is 6.50. The second-order valence-corrected chi connectivity index (χ2v) is 11.2. The minimum atomic E-state index is 0.572. The number of hydrogen-bond acceptors (Lipinski definition) is 4. The van der Waals surface area contributed by atoms with Gasteiger partial charge in [-0.1, -0.05) is 103 Å². The monoisotopic (exact) mass is 578 g/mol. The van der Waals surface area contributed by atoms with Gasteiger partial charge in [-0.05, 0) is 71.1 Å². The van der Waals surface area contributed by atoms with Crippen LogP contribution in [0.2, 0.25) is 0 Å². The minimum absolute atomic E-state index is 0.572. The molecule has 0 aliphatic carbocycles. The number of fused-ring (bicyclic) bond motifs is 6. The molecule has 0 aliphatic rings. The van der Waals surface area contributed by atoms with Crippen LogP contribution in [-0.4, -0.2) is 4.98 Å². The summed E-state index contributed by atoms with van der Waals surface area (Å²) in [5.41, 5.74) is 9.58. The van der Waals surface area contributed by atoms with E-state index < -0.39 is 0 Å². The lowest BCUT2D eigenvalue weighted by Crippen LogP contribution is -2.10. The number of benzene rings is 7. The van der Waals surface area contributed by atoms with Gasteiger partial charge in [0, 0.05) is 27.7 Å². The number of aromatic nitrogens is 1. The number of nitrogens with zero attached hydrogens (tertiary/aromatic N) is 2. The zero-order valence-electron chi connectivity index (χ0n) is 24.2. The molecule has 0 fully saturated rings. The molecule has 9 rings (SSSR count). The van der Waals surface area contributed by atoms with Gasteiger partial charge in [0.1, 0.15) is 16.7 Å². The third-order valence-electron chi connectivity index (χ3n) is 8.50. The first-order valence-electron chi connectivity index (χ1n) is 15.1. The van der Waals surface area contributed by atoms with Gasteiger partial charge in [-0.3, -0.25) is 0 Å². The number of furan rings is 1. The molecular weight excluding hydrogens is 552 g/mol. The molecule has 0 spiro atoms. The third-order valence-corrected chi connectivity index (χ3v) is 8.50. The van der Waals surface area contributed by atoms with Crippen molar-refractivity contribution in [3.8, 4) is 22.6 Å². The van der Waals surface area contributed by atoms with E-state index in [0.29, 0.717) is 5.89 Å². The Kier molecular flexibility index (Phi) is 5.78. The van der Waals surface area contributed by atoms with Crippen LogP contribution >= 0.6 is 0 Å². The van der Waals surface area contributed by atoms with Gasteiger partial charge in [0.2, 0.25) is 5.89 Å². The van der Waals surface area contributed by atoms with Crippen LogP contribution < -0.4 is 4.90 Å². The lowest BCUT2D eigenvalue weighted by Gasteiger charge is -2.26. The van der Waals surface area contributed by atoms with Gasteiger partial charge in [-0.25, -0.2) is 4.98 Å². The fourth-order valence-corrected chi connectivity index (χ4v) is 6.43. The molecule has 0 atom stereocenters. The highest BCUT2D eigenvalue weighted by molar-refractivity contribution is 6.18. The van der Waals surface area contributed by atoms with Gasteiger partial charge in [0.25, 0.3) is 0 Å². The van der Waals surface area contributed by atoms with Gasteiger partial charge in [-0.15, -0.1) is 0 Å². The average molecular weight is 579 g/mol. The number of anilines is 3. The van der Waals surface area contributed by atoms with Gasteiger partial charge in [0.05, 0.1) is 11.1 Å². The van der Waals surface area contributed by atoms with Crippen LogP contribution in [0.3, 0.4) is 0 Å². The lowest BCUT2D eigenvalue weighted by molar-refractivity contribution is 0.620. The topological polar surface area (TPSA) is 42.4 Å². The van der Waals surface area contributed by atoms with Crippen LogP contribution in [0.15, 0.2) is 167 Å². The molecule has 212 valence electrons. The van der Waals surface area contributed by atoms with Crippen molar-refractivity contribution in [3.63, 3.8) is 0 Å². The molecule has 0 bridgehead atoms. The van der Waals surface area contributed by atoms with E-state index in [0.717, 1.165) is 66.4 Å². The van der Waals surface area contributed by atoms with E-state index in [1.807, 2.05) is 48.5 Å². The SMILES string of the molecule is c1ccc(-c2ccc(N(c3ccccc3)c3cccc4oc5cccc(-c6nc7c(ccc8ccccc87)o6)c5c34)cc2)cc1. The number of para-hydroxylation sites is 1. The molecule has 0 saturated carbocycles. The zero-order valence-corrected chi connectivity index (χ0v) is 24.2. The van der Waals surface area contributed by atoms with E-state index in [4.69, 9.17) is 13.8 Å². The predicted octanol–water partition coefficient (Wildman–Crippen LogP) is 11.7. The second kappa shape index (κ2) is 10.2. The van der Waals surface area contributed by atoms with Gasteiger partial charge in [0.15, 0.2) is 5.58 Å². The molecule has 0 aliphatic heterocycles. The van der Waals surface area contributed by atoms with Crippen LogP contribution in [-0.2, 0) is 0 Å². The Labute approximate surface area is 259 Å². The van der Waals surface area contributed by atoms with Crippen molar-refractivity contribution in [1.82, 2.24) is 4.98 Å². The standard InChI is InChI=1S/C41H26N2O2/c1-3-11-27(12-4-1)28-21-24-31(25-22-28)43(30-14-5-2-6-15-30)34-18-10-20-36-39(34)38-33(17-9-19-35(38)44-36)41-42-40-32-16-8-7-13-29(32)23-26-37(40)45-41/h1-26H. The molecule has 9 aromatic rings. The summed E-state index contributed by atoms with van der Waals surface area (Å²) in [7, 11) is 0. The Morgan fingerprint density at radius 3 is 1.93 bits per heavy atom. The lowest BCUT2D eigenvalue weighted by atomic mass is 10.0. The Balaban J connectivity index is 1.28. The predicted molar refractivity (Wildman–Crippen MR) is 184 cm³/mol. The number of hydrogen-bond donors (Lipinski definition) is 0. The highest BCUT2D eigenvalue weighted by Gasteiger charge is 2.23. The summed E-state index contributed by atoms with van der Waals surface area (Å²) in [5, 5.41) is 4.19. The average Bonchev–Trinajstić information content (AvgIpc) is 3.72. The van der Waals surface area contributed by atoms with Crippen LogP contribution in [0.1, 0.15) is 0 Å². The second-order valence-electron chi connectivity index (χ2n) is 11.2. The van der Waals surface area contributed by atoms with Crippen LogP contribution in [0.25, 0.3) is 66.4 Å². The number of rotatable bonds is 5. The molecular formula is C41H26N2O2. The van der Waals surface area contributed by atoms with Crippen LogP contribution in [0.4, 0.5) is 17.1 Å². The maximum Gasteiger partial charge on any atom is 0.228 e. The molecule has 0 N–H and O–H groups in total. The minimum Gasteiger partial charge on any atom is -0.456 e. The van der Waals surface area contributed by atoms with Gasteiger partial charge >= 0.3 is 0 Å². The molecule has 0 unspecified atom stereocenters. The fourth-order valence-electron chi connectivity index (χ4n) is 6.43. The Morgan fingerprint density at radius 2 is 1.11 bits per heavy atom.